The molecule has 1 atom stereocenters. The molecule has 2 aromatic heterocycles. The second kappa shape index (κ2) is 3.06. The van der Waals surface area contributed by atoms with Gasteiger partial charge in [-0.05, 0) is 13.0 Å². The van der Waals surface area contributed by atoms with Gasteiger partial charge in [0.25, 0.3) is 0 Å². The molecule has 4 heteroatoms. The lowest BCUT2D eigenvalue weighted by molar-refractivity contribution is 0.733. The van der Waals surface area contributed by atoms with E-state index in [-0.39, 0.29) is 0 Å². The predicted octanol–water partition coefficient (Wildman–Crippen LogP) is 0.806. The molecule has 3 heterocycles. The summed E-state index contributed by atoms with van der Waals surface area (Å²) in [6.45, 7) is 2.12. The summed E-state index contributed by atoms with van der Waals surface area (Å²) < 4.78 is 2.03. The summed E-state index contributed by atoms with van der Waals surface area (Å²) in [4.78, 5) is 8.77. The lowest BCUT2D eigenvalue weighted by Gasteiger charge is -2.07. The number of imidazole rings is 1. The molecule has 1 unspecified atom stereocenters. The summed E-state index contributed by atoms with van der Waals surface area (Å²) in [5.41, 5.74) is 2.13. The highest BCUT2D eigenvalue weighted by atomic mass is 15.0. The van der Waals surface area contributed by atoms with Crippen LogP contribution in [0, 0.1) is 0 Å². The molecule has 0 spiro atoms. The first-order chi connectivity index (χ1) is 6.95. The first-order valence-corrected chi connectivity index (χ1v) is 4.93. The molecule has 0 aromatic carbocycles. The fourth-order valence-corrected chi connectivity index (χ4v) is 2.05. The quantitative estimate of drug-likeness (QED) is 0.720. The van der Waals surface area contributed by atoms with Crippen molar-refractivity contribution in [3.8, 4) is 0 Å². The van der Waals surface area contributed by atoms with E-state index in [0.29, 0.717) is 5.92 Å². The molecule has 1 fully saturated rings. The standard InChI is InChI=1S/C10H12N4/c1-2-11-7-8(1)9-10-13-4-6-14(10)5-3-12-9/h3-6,8,11H,1-2,7H2. The van der Waals surface area contributed by atoms with Crippen molar-refractivity contribution in [2.24, 2.45) is 0 Å². The Kier molecular flexibility index (Phi) is 1.73. The van der Waals surface area contributed by atoms with E-state index in [1.807, 2.05) is 29.2 Å². The van der Waals surface area contributed by atoms with Gasteiger partial charge >= 0.3 is 0 Å². The molecule has 72 valence electrons. The molecule has 2 aromatic rings. The van der Waals surface area contributed by atoms with E-state index < -0.39 is 0 Å². The Morgan fingerprint density at radius 3 is 2.93 bits per heavy atom. The van der Waals surface area contributed by atoms with Crippen LogP contribution in [0.2, 0.25) is 0 Å². The fraction of sp³-hybridized carbons (Fsp3) is 0.400. The van der Waals surface area contributed by atoms with E-state index >= 15 is 0 Å². The van der Waals surface area contributed by atoms with Gasteiger partial charge < -0.3 is 9.72 Å². The summed E-state index contributed by atoms with van der Waals surface area (Å²) in [5, 5.41) is 3.35. The maximum absolute atomic E-state index is 4.44. The zero-order valence-corrected chi connectivity index (χ0v) is 7.85. The molecule has 1 saturated heterocycles. The van der Waals surface area contributed by atoms with E-state index in [2.05, 4.69) is 15.3 Å². The number of nitrogens with one attached hydrogen (secondary N) is 1. The Balaban J connectivity index is 2.14. The van der Waals surface area contributed by atoms with Gasteiger partial charge in [0.2, 0.25) is 0 Å². The van der Waals surface area contributed by atoms with Gasteiger partial charge in [-0.15, -0.1) is 0 Å². The molecular weight excluding hydrogens is 176 g/mol. The van der Waals surface area contributed by atoms with Gasteiger partial charge in [-0.3, -0.25) is 4.98 Å². The zero-order valence-electron chi connectivity index (χ0n) is 7.85. The third kappa shape index (κ3) is 1.11. The second-order valence-corrected chi connectivity index (χ2v) is 3.66. The average molecular weight is 188 g/mol. The lowest BCUT2D eigenvalue weighted by atomic mass is 10.1. The maximum atomic E-state index is 4.44. The third-order valence-electron chi connectivity index (χ3n) is 2.79. The van der Waals surface area contributed by atoms with Crippen molar-refractivity contribution in [3.05, 3.63) is 30.5 Å². The molecule has 0 bridgehead atoms. The largest absolute Gasteiger partial charge is 0.316 e. The highest BCUT2D eigenvalue weighted by Crippen LogP contribution is 2.22. The van der Waals surface area contributed by atoms with Crippen LogP contribution in [0.25, 0.3) is 5.65 Å². The monoisotopic (exact) mass is 188 g/mol. The van der Waals surface area contributed by atoms with Gasteiger partial charge in [0, 0.05) is 37.3 Å². The van der Waals surface area contributed by atoms with Gasteiger partial charge in [-0.2, -0.15) is 0 Å². The van der Waals surface area contributed by atoms with Crippen molar-refractivity contribution in [3.63, 3.8) is 0 Å². The van der Waals surface area contributed by atoms with Crippen LogP contribution in [0.5, 0.6) is 0 Å². The molecular formula is C10H12N4. The minimum atomic E-state index is 0.529. The Morgan fingerprint density at radius 1 is 1.29 bits per heavy atom. The molecule has 1 N–H and O–H groups in total. The van der Waals surface area contributed by atoms with Crippen molar-refractivity contribution in [1.29, 1.82) is 0 Å². The molecule has 1 aliphatic rings. The smallest absolute Gasteiger partial charge is 0.158 e. The summed E-state index contributed by atoms with van der Waals surface area (Å²) in [6, 6.07) is 0. The Labute approximate surface area is 82.0 Å². The van der Waals surface area contributed by atoms with Gasteiger partial charge in [0.05, 0.1) is 5.69 Å². The van der Waals surface area contributed by atoms with Crippen LogP contribution in [0.1, 0.15) is 18.0 Å². The molecule has 0 saturated carbocycles. The topological polar surface area (TPSA) is 42.2 Å². The van der Waals surface area contributed by atoms with Crippen LogP contribution >= 0.6 is 0 Å². The van der Waals surface area contributed by atoms with Crippen LogP contribution in [0.3, 0.4) is 0 Å². The van der Waals surface area contributed by atoms with Crippen molar-refractivity contribution >= 4 is 5.65 Å². The second-order valence-electron chi connectivity index (χ2n) is 3.66. The van der Waals surface area contributed by atoms with Crippen molar-refractivity contribution in [1.82, 2.24) is 19.7 Å². The maximum Gasteiger partial charge on any atom is 0.158 e. The minimum Gasteiger partial charge on any atom is -0.316 e. The predicted molar refractivity (Wildman–Crippen MR) is 53.2 cm³/mol. The van der Waals surface area contributed by atoms with E-state index in [9.17, 15) is 0 Å². The summed E-state index contributed by atoms with van der Waals surface area (Å²) >= 11 is 0. The van der Waals surface area contributed by atoms with E-state index in [0.717, 1.165) is 24.4 Å². The third-order valence-corrected chi connectivity index (χ3v) is 2.79. The van der Waals surface area contributed by atoms with E-state index in [1.165, 1.54) is 6.42 Å². The first kappa shape index (κ1) is 7.94. The highest BCUT2D eigenvalue weighted by Gasteiger charge is 2.20. The van der Waals surface area contributed by atoms with Crippen molar-refractivity contribution < 1.29 is 0 Å². The first-order valence-electron chi connectivity index (χ1n) is 4.93. The van der Waals surface area contributed by atoms with Gasteiger partial charge in [0.1, 0.15) is 0 Å². The molecule has 0 amide bonds. The van der Waals surface area contributed by atoms with E-state index in [1.54, 1.807) is 0 Å². The minimum absolute atomic E-state index is 0.529. The zero-order chi connectivity index (χ0) is 9.38. The van der Waals surface area contributed by atoms with Crippen LogP contribution in [0.15, 0.2) is 24.8 Å². The average Bonchev–Trinajstić information content (AvgIpc) is 2.88. The van der Waals surface area contributed by atoms with Crippen molar-refractivity contribution in [2.45, 2.75) is 12.3 Å². The van der Waals surface area contributed by atoms with Crippen molar-refractivity contribution in [2.75, 3.05) is 13.1 Å². The Morgan fingerprint density at radius 2 is 2.14 bits per heavy atom. The fourth-order valence-electron chi connectivity index (χ4n) is 2.05. The molecule has 14 heavy (non-hydrogen) atoms. The highest BCUT2D eigenvalue weighted by molar-refractivity contribution is 5.45. The molecule has 0 radical (unpaired) electrons. The van der Waals surface area contributed by atoms with Gasteiger partial charge in [0.15, 0.2) is 5.65 Å². The number of hydrogen-bond donors (Lipinski definition) is 1. The summed E-state index contributed by atoms with van der Waals surface area (Å²) in [5.74, 6) is 0.529. The molecule has 3 rings (SSSR count). The number of aromatic nitrogens is 3. The number of nitrogens with zero attached hydrogens (tertiary/aromatic N) is 3. The normalized spacial score (nSPS) is 21.9. The SMILES string of the molecule is c1cn2ccnc2c(C2CCNC2)n1. The molecule has 0 aliphatic carbocycles. The van der Waals surface area contributed by atoms with Crippen LogP contribution < -0.4 is 5.32 Å². The van der Waals surface area contributed by atoms with Crippen LogP contribution in [-0.2, 0) is 0 Å². The summed E-state index contributed by atoms with van der Waals surface area (Å²) in [6.07, 6.45) is 8.74. The lowest BCUT2D eigenvalue weighted by Crippen LogP contribution is -2.10. The molecule has 1 aliphatic heterocycles. The van der Waals surface area contributed by atoms with Gasteiger partial charge in [-0.25, -0.2) is 4.98 Å². The van der Waals surface area contributed by atoms with Gasteiger partial charge in [-0.1, -0.05) is 0 Å². The Hall–Kier alpha value is -1.42. The van der Waals surface area contributed by atoms with Crippen LogP contribution in [0.4, 0.5) is 0 Å². The Bertz CT molecular complexity index is 442. The molecule has 4 nitrogen and oxygen atoms in total. The van der Waals surface area contributed by atoms with E-state index in [4.69, 9.17) is 0 Å². The number of hydrogen-bond acceptors (Lipinski definition) is 3. The number of fused-ring (bicyclic) bond motifs is 1. The van der Waals surface area contributed by atoms with Crippen LogP contribution in [-0.4, -0.2) is 27.5 Å². The summed E-state index contributed by atoms with van der Waals surface area (Å²) in [7, 11) is 0. The number of rotatable bonds is 1.